The fourth-order valence-corrected chi connectivity index (χ4v) is 2.66. The number of hydrogen-bond acceptors (Lipinski definition) is 2. The van der Waals surface area contributed by atoms with E-state index < -0.39 is 0 Å². The Kier molecular flexibility index (Phi) is 4.13. The molecule has 1 aliphatic rings. The summed E-state index contributed by atoms with van der Waals surface area (Å²) >= 11 is 11.9. The monoisotopic (exact) mass is 286 g/mol. The van der Waals surface area contributed by atoms with Gasteiger partial charge in [0, 0.05) is 12.6 Å². The molecule has 1 amide bonds. The molecule has 98 valence electrons. The second-order valence-corrected chi connectivity index (χ2v) is 5.62. The molecule has 0 radical (unpaired) electrons. The van der Waals surface area contributed by atoms with Crippen LogP contribution in [0.4, 0.5) is 0 Å². The molecule has 0 N–H and O–H groups in total. The van der Waals surface area contributed by atoms with E-state index in [9.17, 15) is 4.79 Å². The predicted octanol–water partition coefficient (Wildman–Crippen LogP) is 3.65. The number of amides is 1. The third-order valence-electron chi connectivity index (χ3n) is 3.65. The fourth-order valence-electron chi connectivity index (χ4n) is 2.33. The van der Waals surface area contributed by atoms with E-state index in [4.69, 9.17) is 23.2 Å². The maximum Gasteiger partial charge on any atom is 0.274 e. The van der Waals surface area contributed by atoms with Crippen molar-refractivity contribution < 1.29 is 4.79 Å². The number of likely N-dealkylation sites (tertiary alicyclic amines) is 1. The molecule has 2 unspecified atom stereocenters. The van der Waals surface area contributed by atoms with Crippen molar-refractivity contribution in [3.8, 4) is 0 Å². The Morgan fingerprint density at radius 3 is 2.83 bits per heavy atom. The molecular weight excluding hydrogens is 271 g/mol. The number of carbonyl (C=O) groups is 1. The molecule has 1 aliphatic heterocycles. The van der Waals surface area contributed by atoms with Gasteiger partial charge >= 0.3 is 0 Å². The lowest BCUT2D eigenvalue weighted by Crippen LogP contribution is -2.46. The lowest BCUT2D eigenvalue weighted by atomic mass is 9.92. The third kappa shape index (κ3) is 2.62. The van der Waals surface area contributed by atoms with Crippen molar-refractivity contribution in [2.24, 2.45) is 5.92 Å². The summed E-state index contributed by atoms with van der Waals surface area (Å²) < 4.78 is 0. The van der Waals surface area contributed by atoms with Gasteiger partial charge in [-0.3, -0.25) is 4.79 Å². The van der Waals surface area contributed by atoms with Crippen molar-refractivity contribution in [1.29, 1.82) is 0 Å². The second kappa shape index (κ2) is 5.45. The first-order valence-corrected chi connectivity index (χ1v) is 6.89. The largest absolute Gasteiger partial charge is 0.334 e. The molecule has 1 fully saturated rings. The number of aromatic nitrogens is 1. The van der Waals surface area contributed by atoms with Crippen LogP contribution < -0.4 is 0 Å². The van der Waals surface area contributed by atoms with Gasteiger partial charge in [-0.15, -0.1) is 0 Å². The molecule has 2 rings (SSSR count). The van der Waals surface area contributed by atoms with Crippen LogP contribution in [0.2, 0.25) is 10.2 Å². The first-order chi connectivity index (χ1) is 8.50. The zero-order valence-corrected chi connectivity index (χ0v) is 12.0. The highest BCUT2D eigenvalue weighted by Crippen LogP contribution is 2.26. The van der Waals surface area contributed by atoms with Crippen LogP contribution >= 0.6 is 23.2 Å². The average molecular weight is 287 g/mol. The van der Waals surface area contributed by atoms with Gasteiger partial charge in [0.1, 0.15) is 10.8 Å². The number of nitrogens with zero attached hydrogens (tertiary/aromatic N) is 2. The molecule has 0 spiro atoms. The van der Waals surface area contributed by atoms with Gasteiger partial charge in [-0.05, 0) is 37.8 Å². The van der Waals surface area contributed by atoms with Crippen LogP contribution in [-0.4, -0.2) is 28.4 Å². The molecule has 18 heavy (non-hydrogen) atoms. The topological polar surface area (TPSA) is 33.2 Å². The van der Waals surface area contributed by atoms with Gasteiger partial charge in [-0.25, -0.2) is 4.98 Å². The number of pyridine rings is 1. The van der Waals surface area contributed by atoms with Crippen LogP contribution in [0, 0.1) is 5.92 Å². The lowest BCUT2D eigenvalue weighted by molar-refractivity contribution is 0.0545. The minimum absolute atomic E-state index is 0.124. The van der Waals surface area contributed by atoms with Gasteiger partial charge in [0.25, 0.3) is 5.91 Å². The molecule has 2 atom stereocenters. The predicted molar refractivity (Wildman–Crippen MR) is 73.2 cm³/mol. The molecule has 1 saturated heterocycles. The summed E-state index contributed by atoms with van der Waals surface area (Å²) in [6, 6.07) is 3.41. The summed E-state index contributed by atoms with van der Waals surface area (Å²) in [6.07, 6.45) is 2.18. The highest BCUT2D eigenvalue weighted by Gasteiger charge is 2.30. The van der Waals surface area contributed by atoms with Crippen molar-refractivity contribution in [2.75, 3.05) is 6.54 Å². The number of piperidine rings is 1. The molecule has 0 bridgehead atoms. The highest BCUT2D eigenvalue weighted by atomic mass is 35.5. The summed E-state index contributed by atoms with van der Waals surface area (Å²) in [4.78, 5) is 18.3. The third-order valence-corrected chi connectivity index (χ3v) is 4.16. The van der Waals surface area contributed by atoms with Crippen LogP contribution in [-0.2, 0) is 0 Å². The minimum atomic E-state index is -0.124. The molecule has 1 aromatic rings. The van der Waals surface area contributed by atoms with E-state index in [1.54, 1.807) is 12.1 Å². The van der Waals surface area contributed by atoms with Gasteiger partial charge < -0.3 is 4.90 Å². The Bertz CT molecular complexity index is 464. The van der Waals surface area contributed by atoms with E-state index in [0.717, 1.165) is 19.4 Å². The van der Waals surface area contributed by atoms with Crippen molar-refractivity contribution in [3.05, 3.63) is 28.0 Å². The van der Waals surface area contributed by atoms with Crippen LogP contribution in [0.5, 0.6) is 0 Å². The highest BCUT2D eigenvalue weighted by molar-refractivity contribution is 6.34. The fraction of sp³-hybridized carbons (Fsp3) is 0.538. The molecule has 5 heteroatoms. The smallest absolute Gasteiger partial charge is 0.274 e. The Morgan fingerprint density at radius 2 is 2.11 bits per heavy atom. The van der Waals surface area contributed by atoms with E-state index in [1.807, 2.05) is 4.90 Å². The quantitative estimate of drug-likeness (QED) is 0.739. The lowest BCUT2D eigenvalue weighted by Gasteiger charge is -2.37. The average Bonchev–Trinajstić information content (AvgIpc) is 2.35. The zero-order chi connectivity index (χ0) is 13.3. The van der Waals surface area contributed by atoms with E-state index in [1.165, 1.54) is 0 Å². The van der Waals surface area contributed by atoms with Gasteiger partial charge in [0.2, 0.25) is 0 Å². The van der Waals surface area contributed by atoms with Gasteiger partial charge in [-0.2, -0.15) is 0 Å². The normalized spacial score (nSPS) is 24.1. The standard InChI is InChI=1S/C13H16Cl2N2O/c1-8-4-3-7-17(9(8)2)13(18)12-10(14)5-6-11(15)16-12/h5-6,8-9H,3-4,7H2,1-2H3. The second-order valence-electron chi connectivity index (χ2n) is 4.82. The van der Waals surface area contributed by atoms with Crippen LogP contribution in [0.25, 0.3) is 0 Å². The zero-order valence-electron chi connectivity index (χ0n) is 10.5. The van der Waals surface area contributed by atoms with Crippen molar-refractivity contribution in [3.63, 3.8) is 0 Å². The number of halogens is 2. The van der Waals surface area contributed by atoms with Crippen LogP contribution in [0.3, 0.4) is 0 Å². The van der Waals surface area contributed by atoms with E-state index in [2.05, 4.69) is 18.8 Å². The van der Waals surface area contributed by atoms with Crippen molar-refractivity contribution in [2.45, 2.75) is 32.7 Å². The first-order valence-electron chi connectivity index (χ1n) is 6.13. The summed E-state index contributed by atoms with van der Waals surface area (Å²) in [7, 11) is 0. The Morgan fingerprint density at radius 1 is 1.39 bits per heavy atom. The molecular formula is C13H16Cl2N2O. The van der Waals surface area contributed by atoms with Crippen LogP contribution in [0.15, 0.2) is 12.1 Å². The molecule has 1 aromatic heterocycles. The number of hydrogen-bond donors (Lipinski definition) is 0. The Balaban J connectivity index is 2.27. The van der Waals surface area contributed by atoms with Crippen molar-refractivity contribution >= 4 is 29.1 Å². The summed E-state index contributed by atoms with van der Waals surface area (Å²) in [5.41, 5.74) is 0.255. The maximum absolute atomic E-state index is 12.4. The molecule has 3 nitrogen and oxygen atoms in total. The summed E-state index contributed by atoms with van der Waals surface area (Å²) in [5, 5.41) is 0.648. The van der Waals surface area contributed by atoms with E-state index >= 15 is 0 Å². The van der Waals surface area contributed by atoms with Gasteiger partial charge in [-0.1, -0.05) is 30.1 Å². The van der Waals surface area contributed by atoms with Gasteiger partial charge in [0.05, 0.1) is 5.02 Å². The minimum Gasteiger partial charge on any atom is -0.334 e. The Hall–Kier alpha value is -0.800. The molecule has 0 aliphatic carbocycles. The van der Waals surface area contributed by atoms with E-state index in [0.29, 0.717) is 16.1 Å². The van der Waals surface area contributed by atoms with Gasteiger partial charge in [0.15, 0.2) is 0 Å². The SMILES string of the molecule is CC1CCCN(C(=O)c2nc(Cl)ccc2Cl)C1C. The Labute approximate surface area is 117 Å². The number of carbonyl (C=O) groups excluding carboxylic acids is 1. The summed E-state index contributed by atoms with van der Waals surface area (Å²) in [6.45, 7) is 4.99. The molecule has 2 heterocycles. The molecule has 0 saturated carbocycles. The van der Waals surface area contributed by atoms with Crippen molar-refractivity contribution in [1.82, 2.24) is 9.88 Å². The maximum atomic E-state index is 12.4. The summed E-state index contributed by atoms with van der Waals surface area (Å²) in [5.74, 6) is 0.377. The van der Waals surface area contributed by atoms with E-state index in [-0.39, 0.29) is 17.6 Å². The molecule has 0 aromatic carbocycles. The number of rotatable bonds is 1. The first kappa shape index (κ1) is 13.6. The van der Waals surface area contributed by atoms with Crippen LogP contribution in [0.1, 0.15) is 37.2 Å².